The van der Waals surface area contributed by atoms with Crippen LogP contribution in [0.1, 0.15) is 23.7 Å². The van der Waals surface area contributed by atoms with E-state index in [1.165, 1.54) is 11.1 Å². The molecule has 0 aromatic heterocycles. The lowest BCUT2D eigenvalue weighted by molar-refractivity contribution is 0.207. The molecule has 1 aliphatic rings. The molecule has 0 bridgehead atoms. The summed E-state index contributed by atoms with van der Waals surface area (Å²) in [5.41, 5.74) is 2.60. The Bertz CT molecular complexity index is 607. The number of rotatable bonds is 3. The Morgan fingerprint density at radius 1 is 1.11 bits per heavy atom. The van der Waals surface area contributed by atoms with Crippen LogP contribution in [-0.2, 0) is 17.5 Å². The average molecular weight is 274 g/mol. The van der Waals surface area contributed by atoms with Gasteiger partial charge in [0.05, 0.1) is 4.90 Å². The van der Waals surface area contributed by atoms with E-state index in [2.05, 4.69) is 12.1 Å². The molecule has 0 aliphatic heterocycles. The van der Waals surface area contributed by atoms with Crippen LogP contribution in [0.4, 0.5) is 0 Å². The van der Waals surface area contributed by atoms with Crippen LogP contribution in [0.25, 0.3) is 0 Å². The van der Waals surface area contributed by atoms with Crippen molar-refractivity contribution in [3.05, 3.63) is 59.7 Å². The van der Waals surface area contributed by atoms with Crippen LogP contribution in [0.2, 0.25) is 0 Å². The second-order valence-corrected chi connectivity index (χ2v) is 5.53. The minimum atomic E-state index is -1.93. The fraction of sp³-hybridized carbons (Fsp3) is 0.200. The summed E-state index contributed by atoms with van der Waals surface area (Å²) in [6.45, 7) is 0. The van der Waals surface area contributed by atoms with Crippen LogP contribution in [0.5, 0.6) is 5.75 Å². The molecule has 2 unspecified atom stereocenters. The van der Waals surface area contributed by atoms with Gasteiger partial charge < -0.3 is 9.29 Å². The summed E-state index contributed by atoms with van der Waals surface area (Å²) in [7, 11) is 0. The molecule has 98 valence electrons. The minimum absolute atomic E-state index is 0.0849. The number of hydrogen-bond acceptors (Lipinski definition) is 2. The van der Waals surface area contributed by atoms with Gasteiger partial charge in [0.1, 0.15) is 11.9 Å². The molecule has 1 N–H and O–H groups in total. The van der Waals surface area contributed by atoms with Gasteiger partial charge in [0.25, 0.3) is 0 Å². The van der Waals surface area contributed by atoms with E-state index >= 15 is 0 Å². The zero-order chi connectivity index (χ0) is 13.2. The first-order valence-corrected chi connectivity index (χ1v) is 7.30. The molecule has 1 aliphatic carbocycles. The lowest BCUT2D eigenvalue weighted by Gasteiger charge is -2.15. The van der Waals surface area contributed by atoms with Crippen molar-refractivity contribution in [1.82, 2.24) is 0 Å². The molecular formula is C15H14O3S. The van der Waals surface area contributed by atoms with Crippen LogP contribution in [0.15, 0.2) is 53.4 Å². The number of hydrogen-bond donors (Lipinski definition) is 1. The first-order chi connectivity index (χ1) is 9.24. The lowest BCUT2D eigenvalue weighted by atomic mass is 10.1. The maximum atomic E-state index is 10.9. The predicted octanol–water partition coefficient (Wildman–Crippen LogP) is 3.33. The molecule has 0 fully saturated rings. The van der Waals surface area contributed by atoms with Gasteiger partial charge >= 0.3 is 0 Å². The topological polar surface area (TPSA) is 46.5 Å². The van der Waals surface area contributed by atoms with E-state index in [0.29, 0.717) is 4.90 Å². The van der Waals surface area contributed by atoms with Gasteiger partial charge in [-0.05, 0) is 48.2 Å². The summed E-state index contributed by atoms with van der Waals surface area (Å²) in [6, 6.07) is 15.0. The van der Waals surface area contributed by atoms with Crippen molar-refractivity contribution < 1.29 is 13.5 Å². The van der Waals surface area contributed by atoms with Gasteiger partial charge in [-0.1, -0.05) is 24.3 Å². The zero-order valence-corrected chi connectivity index (χ0v) is 11.1. The summed E-state index contributed by atoms with van der Waals surface area (Å²) in [5.74, 6) is 0.732. The average Bonchev–Trinajstić information content (AvgIpc) is 2.83. The normalized spacial score (nSPS) is 18.9. The second-order valence-electron chi connectivity index (χ2n) is 4.56. The molecule has 19 heavy (non-hydrogen) atoms. The van der Waals surface area contributed by atoms with Crippen LogP contribution in [0, 0.1) is 0 Å². The van der Waals surface area contributed by atoms with Gasteiger partial charge in [0.15, 0.2) is 11.1 Å². The molecular weight excluding hydrogens is 260 g/mol. The summed E-state index contributed by atoms with van der Waals surface area (Å²) in [4.78, 5) is 0.388. The van der Waals surface area contributed by atoms with E-state index in [9.17, 15) is 4.21 Å². The van der Waals surface area contributed by atoms with E-state index < -0.39 is 11.1 Å². The van der Waals surface area contributed by atoms with E-state index in [-0.39, 0.29) is 6.10 Å². The van der Waals surface area contributed by atoms with E-state index in [0.717, 1.165) is 18.6 Å². The third-order valence-corrected chi connectivity index (χ3v) is 4.06. The Labute approximate surface area is 114 Å². The Morgan fingerprint density at radius 2 is 1.84 bits per heavy atom. The number of aryl methyl sites for hydroxylation is 1. The van der Waals surface area contributed by atoms with Crippen molar-refractivity contribution in [1.29, 1.82) is 0 Å². The fourth-order valence-corrected chi connectivity index (χ4v) is 2.81. The highest BCUT2D eigenvalue weighted by molar-refractivity contribution is 7.79. The van der Waals surface area contributed by atoms with Crippen LogP contribution < -0.4 is 4.74 Å². The van der Waals surface area contributed by atoms with Gasteiger partial charge in [0, 0.05) is 0 Å². The van der Waals surface area contributed by atoms with Crippen LogP contribution >= 0.6 is 0 Å². The monoisotopic (exact) mass is 274 g/mol. The van der Waals surface area contributed by atoms with Crippen molar-refractivity contribution in [2.45, 2.75) is 23.8 Å². The standard InChI is InChI=1S/C15H14O3S/c16-19(17)13-8-6-12(7-9-13)18-15-10-5-11-3-1-2-4-14(11)15/h1-4,6-9,15H,5,10H2,(H,16,17). The number of fused-ring (bicyclic) bond motifs is 1. The highest BCUT2D eigenvalue weighted by atomic mass is 32.2. The number of benzene rings is 2. The largest absolute Gasteiger partial charge is 0.486 e. The van der Waals surface area contributed by atoms with E-state index in [1.807, 2.05) is 12.1 Å². The Hall–Kier alpha value is -1.65. The summed E-state index contributed by atoms with van der Waals surface area (Å²) in [6.07, 6.45) is 2.11. The molecule has 0 radical (unpaired) electrons. The second kappa shape index (κ2) is 5.15. The van der Waals surface area contributed by atoms with Gasteiger partial charge in [-0.25, -0.2) is 4.21 Å². The van der Waals surface area contributed by atoms with Gasteiger partial charge in [-0.3, -0.25) is 0 Å². The fourth-order valence-electron chi connectivity index (χ4n) is 2.44. The quantitative estimate of drug-likeness (QED) is 0.873. The molecule has 0 saturated carbocycles. The first kappa shape index (κ1) is 12.4. The van der Waals surface area contributed by atoms with Crippen molar-refractivity contribution in [2.75, 3.05) is 0 Å². The van der Waals surface area contributed by atoms with E-state index in [4.69, 9.17) is 9.29 Å². The number of ether oxygens (including phenoxy) is 1. The molecule has 0 saturated heterocycles. The molecule has 4 heteroatoms. The van der Waals surface area contributed by atoms with Crippen molar-refractivity contribution in [2.24, 2.45) is 0 Å². The molecule has 2 aromatic rings. The smallest absolute Gasteiger partial charge is 0.186 e. The Kier molecular flexibility index (Phi) is 3.36. The van der Waals surface area contributed by atoms with Gasteiger partial charge in [0.2, 0.25) is 0 Å². The molecule has 3 rings (SSSR count). The molecule has 3 nitrogen and oxygen atoms in total. The minimum Gasteiger partial charge on any atom is -0.486 e. The molecule has 0 spiro atoms. The van der Waals surface area contributed by atoms with Crippen molar-refractivity contribution >= 4 is 11.1 Å². The predicted molar refractivity (Wildman–Crippen MR) is 73.6 cm³/mol. The summed E-state index contributed by atoms with van der Waals surface area (Å²) in [5, 5.41) is 0. The van der Waals surface area contributed by atoms with E-state index in [1.54, 1.807) is 24.3 Å². The van der Waals surface area contributed by atoms with Crippen molar-refractivity contribution in [3.8, 4) is 5.75 Å². The summed E-state index contributed by atoms with van der Waals surface area (Å²) >= 11 is -1.93. The van der Waals surface area contributed by atoms with Crippen LogP contribution in [0.3, 0.4) is 0 Å². The first-order valence-electron chi connectivity index (χ1n) is 6.19. The lowest BCUT2D eigenvalue weighted by Crippen LogP contribution is -2.03. The third kappa shape index (κ3) is 2.55. The highest BCUT2D eigenvalue weighted by Crippen LogP contribution is 2.34. The molecule has 2 aromatic carbocycles. The Morgan fingerprint density at radius 3 is 2.58 bits per heavy atom. The maximum absolute atomic E-state index is 10.9. The molecule has 0 amide bonds. The van der Waals surface area contributed by atoms with Gasteiger partial charge in [-0.15, -0.1) is 0 Å². The van der Waals surface area contributed by atoms with Gasteiger partial charge in [-0.2, -0.15) is 0 Å². The maximum Gasteiger partial charge on any atom is 0.186 e. The van der Waals surface area contributed by atoms with Crippen LogP contribution in [-0.4, -0.2) is 8.76 Å². The SMILES string of the molecule is O=S(O)c1ccc(OC2CCc3ccccc32)cc1. The zero-order valence-electron chi connectivity index (χ0n) is 10.3. The Balaban J connectivity index is 1.78. The van der Waals surface area contributed by atoms with Crippen molar-refractivity contribution in [3.63, 3.8) is 0 Å². The highest BCUT2D eigenvalue weighted by Gasteiger charge is 2.23. The summed E-state index contributed by atoms with van der Waals surface area (Å²) < 4.78 is 25.8. The third-order valence-electron chi connectivity index (χ3n) is 3.38. The molecule has 0 heterocycles. The molecule has 2 atom stereocenters.